The van der Waals surface area contributed by atoms with Crippen LogP contribution in [0.25, 0.3) is 0 Å². The Morgan fingerprint density at radius 3 is 2.56 bits per heavy atom. The van der Waals surface area contributed by atoms with Gasteiger partial charge in [0.1, 0.15) is 5.75 Å². The number of hydrogen-bond donors (Lipinski definition) is 1. The third-order valence-electron chi connectivity index (χ3n) is 3.65. The maximum Gasteiger partial charge on any atom is 0.343 e. The molecule has 0 fully saturated rings. The van der Waals surface area contributed by atoms with E-state index in [-0.39, 0.29) is 24.0 Å². The standard InChI is InChI=1S/C19H23NO4S/c1-19(2,3)17(15-9-6-10-25-15)20-18(22)13-7-5-8-14(11-13)24-12-16(21)23-4/h5-11,17H,12H2,1-4H3,(H,20,22). The van der Waals surface area contributed by atoms with E-state index < -0.39 is 5.97 Å². The van der Waals surface area contributed by atoms with Gasteiger partial charge in [0.25, 0.3) is 5.91 Å². The van der Waals surface area contributed by atoms with Crippen LogP contribution >= 0.6 is 11.3 Å². The molecule has 5 nitrogen and oxygen atoms in total. The van der Waals surface area contributed by atoms with Gasteiger partial charge in [-0.1, -0.05) is 32.9 Å². The monoisotopic (exact) mass is 361 g/mol. The minimum atomic E-state index is -0.472. The second kappa shape index (κ2) is 8.16. The lowest BCUT2D eigenvalue weighted by Crippen LogP contribution is -2.36. The van der Waals surface area contributed by atoms with Gasteiger partial charge >= 0.3 is 5.97 Å². The highest BCUT2D eigenvalue weighted by molar-refractivity contribution is 7.10. The Kier molecular flexibility index (Phi) is 6.20. The smallest absolute Gasteiger partial charge is 0.343 e. The van der Waals surface area contributed by atoms with Crippen LogP contribution in [-0.4, -0.2) is 25.6 Å². The van der Waals surface area contributed by atoms with Gasteiger partial charge in [-0.15, -0.1) is 11.3 Å². The highest BCUT2D eigenvalue weighted by Crippen LogP contribution is 2.35. The third kappa shape index (κ3) is 5.32. The van der Waals surface area contributed by atoms with Crippen LogP contribution in [0.5, 0.6) is 5.75 Å². The fourth-order valence-corrected chi connectivity index (χ4v) is 3.33. The first-order valence-electron chi connectivity index (χ1n) is 7.95. The largest absolute Gasteiger partial charge is 0.482 e. The average Bonchev–Trinajstić information content (AvgIpc) is 3.10. The van der Waals surface area contributed by atoms with Crippen LogP contribution in [0.3, 0.4) is 0 Å². The van der Waals surface area contributed by atoms with Crippen LogP contribution < -0.4 is 10.1 Å². The molecule has 1 atom stereocenters. The molecular weight excluding hydrogens is 338 g/mol. The van der Waals surface area contributed by atoms with Crippen molar-refractivity contribution in [2.75, 3.05) is 13.7 Å². The number of nitrogens with one attached hydrogen (secondary N) is 1. The van der Waals surface area contributed by atoms with E-state index in [1.165, 1.54) is 7.11 Å². The number of hydrogen-bond acceptors (Lipinski definition) is 5. The molecule has 0 aliphatic heterocycles. The van der Waals surface area contributed by atoms with E-state index in [1.54, 1.807) is 35.6 Å². The first-order chi connectivity index (χ1) is 11.8. The van der Waals surface area contributed by atoms with Crippen LogP contribution in [0, 0.1) is 5.41 Å². The number of carbonyl (C=O) groups is 2. The number of esters is 1. The van der Waals surface area contributed by atoms with E-state index in [2.05, 4.69) is 30.8 Å². The average molecular weight is 361 g/mol. The Bertz CT molecular complexity index is 719. The molecule has 0 radical (unpaired) electrons. The van der Waals surface area contributed by atoms with Crippen molar-refractivity contribution in [2.24, 2.45) is 5.41 Å². The van der Waals surface area contributed by atoms with E-state index in [0.717, 1.165) is 4.88 Å². The number of amides is 1. The summed E-state index contributed by atoms with van der Waals surface area (Å²) in [6, 6.07) is 10.7. The molecule has 0 bridgehead atoms. The molecule has 0 spiro atoms. The lowest BCUT2D eigenvalue weighted by Gasteiger charge is -2.30. The maximum absolute atomic E-state index is 12.7. The zero-order valence-electron chi connectivity index (χ0n) is 14.9. The van der Waals surface area contributed by atoms with Gasteiger partial charge in [0.2, 0.25) is 0 Å². The SMILES string of the molecule is COC(=O)COc1cccc(C(=O)NC(c2cccs2)C(C)(C)C)c1. The Morgan fingerprint density at radius 1 is 1.20 bits per heavy atom. The molecule has 0 aliphatic carbocycles. The van der Waals surface area contributed by atoms with E-state index in [0.29, 0.717) is 11.3 Å². The van der Waals surface area contributed by atoms with Gasteiger partial charge < -0.3 is 14.8 Å². The molecule has 2 aromatic rings. The van der Waals surface area contributed by atoms with Crippen molar-refractivity contribution in [3.05, 3.63) is 52.2 Å². The van der Waals surface area contributed by atoms with E-state index >= 15 is 0 Å². The van der Waals surface area contributed by atoms with Crippen molar-refractivity contribution in [3.63, 3.8) is 0 Å². The van der Waals surface area contributed by atoms with Gasteiger partial charge in [-0.3, -0.25) is 4.79 Å². The molecule has 0 saturated heterocycles. The second-order valence-corrected chi connectivity index (χ2v) is 7.66. The molecule has 2 rings (SSSR count). The summed E-state index contributed by atoms with van der Waals surface area (Å²) in [7, 11) is 1.30. The van der Waals surface area contributed by atoms with Crippen molar-refractivity contribution < 1.29 is 19.1 Å². The maximum atomic E-state index is 12.7. The van der Waals surface area contributed by atoms with Crippen molar-refractivity contribution in [2.45, 2.75) is 26.8 Å². The summed E-state index contributed by atoms with van der Waals surface area (Å²) in [6.07, 6.45) is 0. The summed E-state index contributed by atoms with van der Waals surface area (Å²) in [5, 5.41) is 5.10. The van der Waals surface area contributed by atoms with Crippen molar-refractivity contribution >= 4 is 23.2 Å². The molecule has 6 heteroatoms. The summed E-state index contributed by atoms with van der Waals surface area (Å²) >= 11 is 1.62. The molecular formula is C19H23NO4S. The minimum Gasteiger partial charge on any atom is -0.482 e. The molecule has 1 amide bonds. The summed E-state index contributed by atoms with van der Waals surface area (Å²) in [5.74, 6) is -0.210. The highest BCUT2D eigenvalue weighted by Gasteiger charge is 2.29. The van der Waals surface area contributed by atoms with Crippen LogP contribution in [0.1, 0.15) is 42.0 Å². The predicted molar refractivity (Wildman–Crippen MR) is 97.9 cm³/mol. The normalized spacial score (nSPS) is 12.3. The molecule has 1 unspecified atom stereocenters. The van der Waals surface area contributed by atoms with Gasteiger partial charge in [-0.25, -0.2) is 4.79 Å². The van der Waals surface area contributed by atoms with Gasteiger partial charge in [-0.2, -0.15) is 0 Å². The van der Waals surface area contributed by atoms with Crippen LogP contribution in [-0.2, 0) is 9.53 Å². The van der Waals surface area contributed by atoms with E-state index in [4.69, 9.17) is 4.74 Å². The number of benzene rings is 1. The number of carbonyl (C=O) groups excluding carboxylic acids is 2. The first kappa shape index (κ1) is 19.0. The molecule has 1 heterocycles. The molecule has 0 saturated carbocycles. The predicted octanol–water partition coefficient (Wildman–Crippen LogP) is 3.82. The summed E-state index contributed by atoms with van der Waals surface area (Å²) in [6.45, 7) is 6.08. The number of thiophene rings is 1. The lowest BCUT2D eigenvalue weighted by molar-refractivity contribution is -0.142. The Hall–Kier alpha value is -2.34. The highest BCUT2D eigenvalue weighted by atomic mass is 32.1. The van der Waals surface area contributed by atoms with E-state index in [9.17, 15) is 9.59 Å². The van der Waals surface area contributed by atoms with Crippen LogP contribution in [0.4, 0.5) is 0 Å². The zero-order chi connectivity index (χ0) is 18.4. The molecule has 0 aliphatic rings. The lowest BCUT2D eigenvalue weighted by atomic mass is 9.85. The Morgan fingerprint density at radius 2 is 1.96 bits per heavy atom. The van der Waals surface area contributed by atoms with Gasteiger partial charge in [0, 0.05) is 10.4 Å². The summed E-state index contributed by atoms with van der Waals surface area (Å²) in [5.41, 5.74) is 0.354. The molecule has 134 valence electrons. The molecule has 1 aromatic carbocycles. The van der Waals surface area contributed by atoms with Crippen molar-refractivity contribution in [1.82, 2.24) is 5.32 Å². The summed E-state index contributed by atoms with van der Waals surface area (Å²) < 4.78 is 9.88. The number of ether oxygens (including phenoxy) is 2. The van der Waals surface area contributed by atoms with Gasteiger partial charge in [0.15, 0.2) is 6.61 Å². The van der Waals surface area contributed by atoms with Crippen LogP contribution in [0.15, 0.2) is 41.8 Å². The Labute approximate surface area is 152 Å². The molecule has 1 N–H and O–H groups in total. The third-order valence-corrected chi connectivity index (χ3v) is 4.59. The quantitative estimate of drug-likeness (QED) is 0.795. The summed E-state index contributed by atoms with van der Waals surface area (Å²) in [4.78, 5) is 25.0. The number of methoxy groups -OCH3 is 1. The topological polar surface area (TPSA) is 64.6 Å². The van der Waals surface area contributed by atoms with Crippen molar-refractivity contribution in [3.8, 4) is 5.75 Å². The fraction of sp³-hybridized carbons (Fsp3) is 0.368. The first-order valence-corrected chi connectivity index (χ1v) is 8.83. The minimum absolute atomic E-state index is 0.0976. The van der Waals surface area contributed by atoms with Gasteiger partial charge in [-0.05, 0) is 35.1 Å². The number of rotatable bonds is 6. The van der Waals surface area contributed by atoms with Crippen LogP contribution in [0.2, 0.25) is 0 Å². The molecule has 1 aromatic heterocycles. The van der Waals surface area contributed by atoms with Gasteiger partial charge in [0.05, 0.1) is 13.2 Å². The fourth-order valence-electron chi connectivity index (χ4n) is 2.31. The molecule has 25 heavy (non-hydrogen) atoms. The Balaban J connectivity index is 2.12. The van der Waals surface area contributed by atoms with E-state index in [1.807, 2.05) is 17.5 Å². The van der Waals surface area contributed by atoms with Crippen molar-refractivity contribution in [1.29, 1.82) is 0 Å². The second-order valence-electron chi connectivity index (χ2n) is 6.68. The zero-order valence-corrected chi connectivity index (χ0v) is 15.7.